The molecule has 1 aromatic heterocycles. The molecule has 0 aliphatic heterocycles. The molecule has 7 nitrogen and oxygen atoms in total. The Balaban J connectivity index is 2.56. The lowest BCUT2D eigenvalue weighted by Gasteiger charge is -2.22. The van der Waals surface area contributed by atoms with Crippen LogP contribution in [0.1, 0.15) is 19.5 Å². The molecule has 0 fully saturated rings. The fourth-order valence-electron chi connectivity index (χ4n) is 1.39. The maximum atomic E-state index is 11.8. The summed E-state index contributed by atoms with van der Waals surface area (Å²) in [5.74, 6) is -1.24. The Kier molecular flexibility index (Phi) is 4.70. The summed E-state index contributed by atoms with van der Waals surface area (Å²) in [6.45, 7) is 3.72. The van der Waals surface area contributed by atoms with Crippen LogP contribution in [-0.2, 0) is 11.3 Å². The van der Waals surface area contributed by atoms with Crippen molar-refractivity contribution in [2.75, 3.05) is 7.05 Å². The van der Waals surface area contributed by atoms with E-state index in [1.165, 1.54) is 11.2 Å². The fourth-order valence-corrected chi connectivity index (χ4v) is 1.39. The summed E-state index contributed by atoms with van der Waals surface area (Å²) in [5, 5.41) is 15.1. The molecule has 100 valence electrons. The van der Waals surface area contributed by atoms with Crippen LogP contribution in [0.3, 0.4) is 0 Å². The zero-order valence-corrected chi connectivity index (χ0v) is 10.6. The van der Waals surface area contributed by atoms with Crippen LogP contribution in [0.5, 0.6) is 0 Å². The number of nitrogens with zero attached hydrogens (tertiary/aromatic N) is 2. The molecular formula is C11H17N3O4. The maximum Gasteiger partial charge on any atom is 0.326 e. The zero-order valence-electron chi connectivity index (χ0n) is 10.6. The smallest absolute Gasteiger partial charge is 0.326 e. The molecule has 0 aliphatic rings. The van der Waals surface area contributed by atoms with Gasteiger partial charge in [0.05, 0.1) is 6.54 Å². The number of hydrogen-bond donors (Lipinski definition) is 2. The predicted molar refractivity (Wildman–Crippen MR) is 62.8 cm³/mol. The molecular weight excluding hydrogens is 238 g/mol. The third kappa shape index (κ3) is 3.76. The number of aromatic nitrogens is 1. The number of carbonyl (C=O) groups excluding carboxylic acids is 1. The largest absolute Gasteiger partial charge is 0.480 e. The van der Waals surface area contributed by atoms with Crippen molar-refractivity contribution in [1.82, 2.24) is 15.4 Å². The quantitative estimate of drug-likeness (QED) is 0.815. The number of hydrogen-bond acceptors (Lipinski definition) is 4. The van der Waals surface area contributed by atoms with Crippen LogP contribution in [-0.4, -0.2) is 40.3 Å². The van der Waals surface area contributed by atoms with E-state index >= 15 is 0 Å². The summed E-state index contributed by atoms with van der Waals surface area (Å²) in [4.78, 5) is 24.1. The molecule has 0 saturated heterocycles. The highest BCUT2D eigenvalue weighted by Gasteiger charge is 2.24. The van der Waals surface area contributed by atoms with E-state index in [0.29, 0.717) is 5.69 Å². The number of rotatable bonds is 5. The first-order valence-electron chi connectivity index (χ1n) is 5.55. The minimum atomic E-state index is -1.05. The number of carbonyl (C=O) groups is 2. The van der Waals surface area contributed by atoms with E-state index < -0.39 is 18.0 Å². The number of nitrogens with one attached hydrogen (secondary N) is 1. The highest BCUT2D eigenvalue weighted by atomic mass is 16.5. The van der Waals surface area contributed by atoms with E-state index in [9.17, 15) is 9.59 Å². The molecule has 0 radical (unpaired) electrons. The van der Waals surface area contributed by atoms with Gasteiger partial charge in [0.1, 0.15) is 18.0 Å². The lowest BCUT2D eigenvalue weighted by molar-refractivity contribution is -0.140. The molecule has 0 aliphatic carbocycles. The standard InChI is InChI=1S/C11H17N3O4/c1-7(2)9(10(15)16)12-11(17)14(3)6-8-4-5-18-13-8/h4-5,7,9H,6H2,1-3H3,(H,12,17)(H,15,16)/t9-/m0/s1. The van der Waals surface area contributed by atoms with E-state index in [0.717, 1.165) is 0 Å². The second-order valence-electron chi connectivity index (χ2n) is 4.36. The SMILES string of the molecule is CC(C)[C@H](NC(=O)N(C)Cc1ccon1)C(=O)O. The summed E-state index contributed by atoms with van der Waals surface area (Å²) >= 11 is 0. The van der Waals surface area contributed by atoms with Crippen LogP contribution in [0.2, 0.25) is 0 Å². The molecule has 0 spiro atoms. The fraction of sp³-hybridized carbons (Fsp3) is 0.545. The molecule has 0 saturated carbocycles. The van der Waals surface area contributed by atoms with E-state index in [1.807, 2.05) is 0 Å². The molecule has 0 unspecified atom stereocenters. The number of carboxylic acids is 1. The van der Waals surface area contributed by atoms with Crippen LogP contribution in [0.15, 0.2) is 16.9 Å². The molecule has 1 aromatic rings. The average Bonchev–Trinajstić information content (AvgIpc) is 2.77. The van der Waals surface area contributed by atoms with Crippen molar-refractivity contribution in [1.29, 1.82) is 0 Å². The summed E-state index contributed by atoms with van der Waals surface area (Å²) in [5.41, 5.74) is 0.601. The summed E-state index contributed by atoms with van der Waals surface area (Å²) in [6, 6.07) is 0.275. The Labute approximate surface area is 105 Å². The summed E-state index contributed by atoms with van der Waals surface area (Å²) in [7, 11) is 1.56. The Morgan fingerprint density at radius 3 is 2.67 bits per heavy atom. The first kappa shape index (κ1) is 14.0. The average molecular weight is 255 g/mol. The molecule has 18 heavy (non-hydrogen) atoms. The molecule has 2 amide bonds. The van der Waals surface area contributed by atoms with E-state index in [1.54, 1.807) is 27.0 Å². The van der Waals surface area contributed by atoms with E-state index in [2.05, 4.69) is 15.0 Å². The van der Waals surface area contributed by atoms with Crippen LogP contribution in [0.4, 0.5) is 4.79 Å². The molecule has 1 atom stereocenters. The van der Waals surface area contributed by atoms with Crippen molar-refractivity contribution in [3.63, 3.8) is 0 Å². The van der Waals surface area contributed by atoms with Gasteiger partial charge in [-0.2, -0.15) is 0 Å². The number of carboxylic acid groups (broad SMARTS) is 1. The van der Waals surface area contributed by atoms with Gasteiger partial charge in [0.15, 0.2) is 0 Å². The van der Waals surface area contributed by atoms with Crippen molar-refractivity contribution < 1.29 is 19.2 Å². The minimum absolute atomic E-state index is 0.188. The van der Waals surface area contributed by atoms with Crippen molar-refractivity contribution in [2.45, 2.75) is 26.4 Å². The van der Waals surface area contributed by atoms with Gasteiger partial charge >= 0.3 is 12.0 Å². The highest BCUT2D eigenvalue weighted by Crippen LogP contribution is 2.04. The molecule has 2 N–H and O–H groups in total. The van der Waals surface area contributed by atoms with Crippen molar-refractivity contribution >= 4 is 12.0 Å². The van der Waals surface area contributed by atoms with Crippen LogP contribution in [0.25, 0.3) is 0 Å². The number of aliphatic carboxylic acids is 1. The first-order chi connectivity index (χ1) is 8.41. The van der Waals surface area contributed by atoms with E-state index in [4.69, 9.17) is 5.11 Å². The highest BCUT2D eigenvalue weighted by molar-refractivity contribution is 5.82. The lowest BCUT2D eigenvalue weighted by atomic mass is 10.1. The van der Waals surface area contributed by atoms with Crippen LogP contribution >= 0.6 is 0 Å². The van der Waals surface area contributed by atoms with Gasteiger partial charge in [0, 0.05) is 13.1 Å². The topological polar surface area (TPSA) is 95.7 Å². The summed E-state index contributed by atoms with van der Waals surface area (Å²) in [6.07, 6.45) is 1.41. The van der Waals surface area contributed by atoms with Crippen molar-refractivity contribution in [3.05, 3.63) is 18.0 Å². The molecule has 0 bridgehead atoms. The van der Waals surface area contributed by atoms with Gasteiger partial charge in [0.25, 0.3) is 0 Å². The zero-order chi connectivity index (χ0) is 13.7. The van der Waals surface area contributed by atoms with Gasteiger partial charge in [-0.15, -0.1) is 0 Å². The van der Waals surface area contributed by atoms with Gasteiger partial charge in [0.2, 0.25) is 0 Å². The minimum Gasteiger partial charge on any atom is -0.480 e. The Morgan fingerprint density at radius 1 is 1.56 bits per heavy atom. The maximum absolute atomic E-state index is 11.8. The number of amides is 2. The number of urea groups is 1. The van der Waals surface area contributed by atoms with Crippen LogP contribution < -0.4 is 5.32 Å². The van der Waals surface area contributed by atoms with Crippen molar-refractivity contribution in [3.8, 4) is 0 Å². The second kappa shape index (κ2) is 6.04. The van der Waals surface area contributed by atoms with Gasteiger partial charge in [-0.3, -0.25) is 0 Å². The Bertz CT molecular complexity index is 402. The van der Waals surface area contributed by atoms with Gasteiger partial charge < -0.3 is 19.8 Å². The Morgan fingerprint density at radius 2 is 2.22 bits per heavy atom. The molecule has 1 rings (SSSR count). The van der Waals surface area contributed by atoms with E-state index in [-0.39, 0.29) is 12.5 Å². The van der Waals surface area contributed by atoms with Gasteiger partial charge in [-0.05, 0) is 5.92 Å². The van der Waals surface area contributed by atoms with Crippen LogP contribution in [0, 0.1) is 5.92 Å². The monoisotopic (exact) mass is 255 g/mol. The molecule has 1 heterocycles. The first-order valence-corrected chi connectivity index (χ1v) is 5.55. The predicted octanol–water partition coefficient (Wildman–Crippen LogP) is 0.925. The molecule has 0 aromatic carbocycles. The second-order valence-corrected chi connectivity index (χ2v) is 4.36. The third-order valence-electron chi connectivity index (χ3n) is 2.45. The normalized spacial score (nSPS) is 12.2. The Hall–Kier alpha value is -2.05. The third-order valence-corrected chi connectivity index (χ3v) is 2.45. The van der Waals surface area contributed by atoms with Crippen molar-refractivity contribution in [2.24, 2.45) is 5.92 Å². The summed E-state index contributed by atoms with van der Waals surface area (Å²) < 4.78 is 4.65. The molecule has 7 heteroatoms. The van der Waals surface area contributed by atoms with Gasteiger partial charge in [-0.25, -0.2) is 9.59 Å². The van der Waals surface area contributed by atoms with Gasteiger partial charge in [-0.1, -0.05) is 19.0 Å². The lowest BCUT2D eigenvalue weighted by Crippen LogP contribution is -2.48.